The van der Waals surface area contributed by atoms with Crippen LogP contribution in [0, 0.1) is 0 Å². The van der Waals surface area contributed by atoms with Gasteiger partial charge in [0.1, 0.15) is 23.7 Å². The van der Waals surface area contributed by atoms with Gasteiger partial charge in [-0.05, 0) is 75.7 Å². The Kier molecular flexibility index (Phi) is 13.8. The maximum atomic E-state index is 14.2. The molecule has 3 aromatic carbocycles. The molecule has 0 saturated carbocycles. The highest BCUT2D eigenvalue weighted by atomic mass is 16.6. The molecule has 0 radical (unpaired) electrons. The normalized spacial score (nSPS) is 14.0. The minimum Gasteiger partial charge on any atom is -0.481 e. The van der Waals surface area contributed by atoms with E-state index < -0.39 is 65.8 Å². The number of rotatable bonds is 17. The van der Waals surface area contributed by atoms with Crippen molar-refractivity contribution in [3.63, 3.8) is 0 Å². The highest BCUT2D eigenvalue weighted by Gasteiger charge is 2.37. The summed E-state index contributed by atoms with van der Waals surface area (Å²) in [4.78, 5) is 73.8. The zero-order valence-electron chi connectivity index (χ0n) is 31.8. The molecule has 3 amide bonds. The van der Waals surface area contributed by atoms with Crippen molar-refractivity contribution < 1.29 is 33.8 Å². The lowest BCUT2D eigenvalue weighted by atomic mass is 9.97. The summed E-state index contributed by atoms with van der Waals surface area (Å²) in [7, 11) is 4.99. The number of carbonyl (C=O) groups is 5. The number of H-pyrrole nitrogens is 1. The number of amides is 3. The Morgan fingerprint density at radius 2 is 1.42 bits per heavy atom. The lowest BCUT2D eigenvalue weighted by Crippen LogP contribution is -2.58. The lowest BCUT2D eigenvalue weighted by molar-refractivity contribution is -0.164. The van der Waals surface area contributed by atoms with E-state index in [-0.39, 0.29) is 12.8 Å². The van der Waals surface area contributed by atoms with Crippen molar-refractivity contribution in [2.75, 3.05) is 21.1 Å². The number of likely N-dealkylation sites (N-methyl/N-ethyl adjacent to an activating group) is 2. The Morgan fingerprint density at radius 3 is 2.08 bits per heavy atom. The number of carboxylic acid groups (broad SMARTS) is 1. The molecule has 12 nitrogen and oxygen atoms in total. The molecule has 53 heavy (non-hydrogen) atoms. The summed E-state index contributed by atoms with van der Waals surface area (Å²) < 4.78 is 5.76. The summed E-state index contributed by atoms with van der Waals surface area (Å²) in [6.45, 7) is 7.19. The van der Waals surface area contributed by atoms with Gasteiger partial charge >= 0.3 is 11.9 Å². The molecular weight excluding hydrogens is 674 g/mol. The average molecular weight is 728 g/mol. The van der Waals surface area contributed by atoms with E-state index in [9.17, 15) is 29.1 Å². The van der Waals surface area contributed by atoms with Crippen LogP contribution in [0.5, 0.6) is 0 Å². The molecule has 4 aromatic rings. The summed E-state index contributed by atoms with van der Waals surface area (Å²) >= 11 is 0. The molecular formula is C41H53N5O7. The first-order valence-corrected chi connectivity index (χ1v) is 18.1. The number of hydrogen-bond acceptors (Lipinski definition) is 7. The minimum atomic E-state index is -1.47. The van der Waals surface area contributed by atoms with Crippen LogP contribution in [0.15, 0.2) is 72.9 Å². The molecule has 4 atom stereocenters. The van der Waals surface area contributed by atoms with Crippen LogP contribution in [-0.2, 0) is 41.6 Å². The van der Waals surface area contributed by atoms with E-state index >= 15 is 0 Å². The fourth-order valence-electron chi connectivity index (χ4n) is 6.43. The van der Waals surface area contributed by atoms with E-state index in [0.29, 0.717) is 19.3 Å². The number of esters is 1. The van der Waals surface area contributed by atoms with Gasteiger partial charge in [-0.1, -0.05) is 80.4 Å². The number of carbonyl (C=O) groups excluding carboxylic acids is 4. The fourth-order valence-corrected chi connectivity index (χ4v) is 6.43. The van der Waals surface area contributed by atoms with E-state index in [2.05, 4.69) is 15.6 Å². The summed E-state index contributed by atoms with van der Waals surface area (Å²) in [5.74, 6) is -3.77. The first-order valence-electron chi connectivity index (χ1n) is 18.1. The number of nitrogens with zero attached hydrogens (tertiary/aromatic N) is 2. The summed E-state index contributed by atoms with van der Waals surface area (Å²) in [6, 6.07) is 17.0. The van der Waals surface area contributed by atoms with Crippen LogP contribution < -0.4 is 10.6 Å². The van der Waals surface area contributed by atoms with Crippen LogP contribution >= 0.6 is 0 Å². The van der Waals surface area contributed by atoms with Gasteiger partial charge in [0, 0.05) is 30.6 Å². The third-order valence-corrected chi connectivity index (χ3v) is 9.27. The Labute approximate surface area is 311 Å². The summed E-state index contributed by atoms with van der Waals surface area (Å²) in [6.07, 6.45) is 3.07. The number of benzene rings is 3. The number of unbranched alkanes of at least 4 members (excludes halogenated alkanes) is 1. The van der Waals surface area contributed by atoms with Crippen molar-refractivity contribution in [2.24, 2.45) is 0 Å². The maximum Gasteiger partial charge on any atom is 0.329 e. The Bertz CT molecular complexity index is 1910. The fraction of sp³-hybridized carbons (Fsp3) is 0.439. The van der Waals surface area contributed by atoms with Crippen LogP contribution in [0.2, 0.25) is 0 Å². The molecule has 0 spiro atoms. The smallest absolute Gasteiger partial charge is 0.329 e. The second-order valence-corrected chi connectivity index (χ2v) is 14.7. The molecule has 0 unspecified atom stereocenters. The Hall–Kier alpha value is -5.23. The van der Waals surface area contributed by atoms with E-state index in [4.69, 9.17) is 4.74 Å². The largest absolute Gasteiger partial charge is 0.481 e. The van der Waals surface area contributed by atoms with Gasteiger partial charge < -0.3 is 30.4 Å². The van der Waals surface area contributed by atoms with Crippen LogP contribution in [0.1, 0.15) is 64.5 Å². The molecule has 1 aromatic heterocycles. The number of aromatic nitrogens is 1. The lowest BCUT2D eigenvalue weighted by Gasteiger charge is -2.33. The number of nitrogens with one attached hydrogen (secondary N) is 3. The van der Waals surface area contributed by atoms with Gasteiger partial charge in [-0.3, -0.25) is 24.1 Å². The molecule has 0 aliphatic carbocycles. The van der Waals surface area contributed by atoms with Gasteiger partial charge in [0.05, 0.1) is 12.5 Å². The minimum absolute atomic E-state index is 0.149. The standard InChI is InChI=1S/C41H53N5O7/c1-8-9-20-32(39(51)46(7)35(40(52)53-41(2,3)4)23-28-25-42-31-21-13-12-19-30(28)31)43-37(49)33(24-36(47)48)44-38(50)34(45(5)6)22-27-17-14-16-26-15-10-11-18-29(26)27/h10-19,21,25,32-35,42H,8-9,20,22-24H2,1-7H3,(H,43,49)(H,44,50)(H,47,48)/t32-,33-,34-,35-/m0/s1. The average Bonchev–Trinajstić information content (AvgIpc) is 3.51. The highest BCUT2D eigenvalue weighted by molar-refractivity contribution is 5.96. The predicted molar refractivity (Wildman–Crippen MR) is 205 cm³/mol. The molecule has 12 heteroatoms. The number of aromatic amines is 1. The van der Waals surface area contributed by atoms with E-state index in [1.54, 1.807) is 46.0 Å². The second-order valence-electron chi connectivity index (χ2n) is 14.7. The van der Waals surface area contributed by atoms with Crippen molar-refractivity contribution in [3.05, 3.63) is 84.1 Å². The van der Waals surface area contributed by atoms with Crippen LogP contribution in [-0.4, -0.2) is 100 Å². The van der Waals surface area contributed by atoms with Crippen LogP contribution in [0.4, 0.5) is 0 Å². The molecule has 0 bridgehead atoms. The molecule has 1 heterocycles. The van der Waals surface area contributed by atoms with Gasteiger partial charge in [-0.15, -0.1) is 0 Å². The SMILES string of the molecule is CCCC[C@H](NC(=O)[C@H](CC(=O)O)NC(=O)[C@H](Cc1cccc2ccccc12)N(C)C)C(=O)N(C)[C@@H](Cc1c[nH]c2ccccc12)C(=O)OC(C)(C)C. The van der Waals surface area contributed by atoms with Gasteiger partial charge in [-0.25, -0.2) is 4.79 Å². The quantitative estimate of drug-likeness (QED) is 0.113. The molecule has 4 N–H and O–H groups in total. The van der Waals surface area contributed by atoms with Gasteiger partial charge in [-0.2, -0.15) is 0 Å². The molecule has 4 rings (SSSR count). The third kappa shape index (κ3) is 10.9. The number of fused-ring (bicyclic) bond motifs is 2. The van der Waals surface area contributed by atoms with E-state index in [1.165, 1.54) is 11.9 Å². The zero-order chi connectivity index (χ0) is 38.9. The van der Waals surface area contributed by atoms with Crippen molar-refractivity contribution in [2.45, 2.75) is 96.0 Å². The van der Waals surface area contributed by atoms with Crippen molar-refractivity contribution in [1.29, 1.82) is 0 Å². The first-order chi connectivity index (χ1) is 25.1. The van der Waals surface area contributed by atoms with Crippen LogP contribution in [0.3, 0.4) is 0 Å². The molecule has 0 aliphatic heterocycles. The second kappa shape index (κ2) is 18.0. The van der Waals surface area contributed by atoms with E-state index in [0.717, 1.165) is 32.8 Å². The summed E-state index contributed by atoms with van der Waals surface area (Å²) in [5.41, 5.74) is 1.80. The Morgan fingerprint density at radius 1 is 0.792 bits per heavy atom. The van der Waals surface area contributed by atoms with Gasteiger partial charge in [0.2, 0.25) is 17.7 Å². The zero-order valence-corrected chi connectivity index (χ0v) is 31.8. The molecule has 0 aliphatic rings. The Balaban J connectivity index is 1.57. The molecule has 0 saturated heterocycles. The van der Waals surface area contributed by atoms with Gasteiger partial charge in [0.25, 0.3) is 0 Å². The number of ether oxygens (including phenoxy) is 1. The monoisotopic (exact) mass is 727 g/mol. The maximum absolute atomic E-state index is 14.2. The van der Waals surface area contributed by atoms with Crippen molar-refractivity contribution >= 4 is 51.3 Å². The summed E-state index contributed by atoms with van der Waals surface area (Å²) in [5, 5.41) is 18.1. The van der Waals surface area contributed by atoms with Gasteiger partial charge in [0.15, 0.2) is 0 Å². The molecule has 0 fully saturated rings. The van der Waals surface area contributed by atoms with Crippen LogP contribution in [0.25, 0.3) is 21.7 Å². The van der Waals surface area contributed by atoms with Crippen molar-refractivity contribution in [3.8, 4) is 0 Å². The topological polar surface area (TPSA) is 161 Å². The van der Waals surface area contributed by atoms with Crippen molar-refractivity contribution in [1.82, 2.24) is 25.4 Å². The predicted octanol–water partition coefficient (Wildman–Crippen LogP) is 4.84. The highest BCUT2D eigenvalue weighted by Crippen LogP contribution is 2.24. The molecule has 284 valence electrons. The number of para-hydroxylation sites is 1. The first kappa shape index (κ1) is 40.5. The number of carboxylic acids is 1. The number of hydrogen-bond donors (Lipinski definition) is 4. The number of aliphatic carboxylic acids is 1. The van der Waals surface area contributed by atoms with E-state index in [1.807, 2.05) is 73.7 Å². The third-order valence-electron chi connectivity index (χ3n) is 9.27.